The van der Waals surface area contributed by atoms with Gasteiger partial charge in [0.1, 0.15) is 0 Å². The van der Waals surface area contributed by atoms with Gasteiger partial charge in [-0.3, -0.25) is 0 Å². The maximum Gasteiger partial charge on any atom is 0.0159 e. The molecule has 0 saturated heterocycles. The molecular formula is C134H92. The molecule has 0 heteroatoms. The van der Waals surface area contributed by atoms with Crippen LogP contribution in [0.4, 0.5) is 0 Å². The van der Waals surface area contributed by atoms with Gasteiger partial charge in [-0.1, -0.05) is 471 Å². The van der Waals surface area contributed by atoms with E-state index in [9.17, 15) is 0 Å². The largest absolute Gasteiger partial charge is 0.0622 e. The molecule has 0 aromatic heterocycles. The lowest BCUT2D eigenvalue weighted by Crippen LogP contribution is -2.14. The van der Waals surface area contributed by atoms with Crippen molar-refractivity contribution in [2.75, 3.05) is 0 Å². The molecule has 628 valence electrons. The smallest absolute Gasteiger partial charge is 0.0159 e. The van der Waals surface area contributed by atoms with Gasteiger partial charge in [-0.2, -0.15) is 0 Å². The van der Waals surface area contributed by atoms with Crippen LogP contribution in [-0.4, -0.2) is 0 Å². The van der Waals surface area contributed by atoms with Gasteiger partial charge in [-0.25, -0.2) is 0 Å². The summed E-state index contributed by atoms with van der Waals surface area (Å²) in [6.07, 6.45) is 0. The summed E-state index contributed by atoms with van der Waals surface area (Å²) in [4.78, 5) is 0. The van der Waals surface area contributed by atoms with Crippen molar-refractivity contribution >= 4 is 118 Å². The second kappa shape index (κ2) is 32.2. The van der Waals surface area contributed by atoms with Gasteiger partial charge in [0.05, 0.1) is 0 Å². The molecule has 0 saturated carbocycles. The summed E-state index contributed by atoms with van der Waals surface area (Å²) >= 11 is 0. The van der Waals surface area contributed by atoms with E-state index < -0.39 is 0 Å². The Morgan fingerprint density at radius 2 is 0.396 bits per heavy atom. The highest BCUT2D eigenvalue weighted by molar-refractivity contribution is 6.28. The highest BCUT2D eigenvalue weighted by Gasteiger charge is 2.37. The Balaban J connectivity index is 0.000000107. The Morgan fingerprint density at radius 1 is 0.112 bits per heavy atom. The van der Waals surface area contributed by atoms with E-state index in [1.165, 1.54) is 263 Å². The first-order chi connectivity index (χ1) is 66.0. The Kier molecular flexibility index (Phi) is 19.1. The average molecular weight is 1700 g/mol. The zero-order valence-electron chi connectivity index (χ0n) is 75.2. The highest BCUT2D eigenvalue weighted by atomic mass is 14.4. The second-order valence-corrected chi connectivity index (χ2v) is 37.4. The van der Waals surface area contributed by atoms with Crippen LogP contribution in [0.3, 0.4) is 0 Å². The van der Waals surface area contributed by atoms with Crippen LogP contribution in [0.1, 0.15) is 49.9 Å². The first-order valence-electron chi connectivity index (χ1n) is 47.0. The molecular weight excluding hydrogens is 1610 g/mol. The zero-order valence-corrected chi connectivity index (χ0v) is 75.2. The lowest BCUT2D eigenvalue weighted by atomic mass is 9.81. The summed E-state index contributed by atoms with van der Waals surface area (Å²) in [6, 6.07) is 179. The first kappa shape index (κ1) is 79.5. The van der Waals surface area contributed by atoms with Gasteiger partial charge in [0, 0.05) is 10.8 Å². The minimum Gasteiger partial charge on any atom is -0.0622 e. The summed E-state index contributed by atoms with van der Waals surface area (Å²) in [6.45, 7) is 9.44. The SMILES string of the molecule is CC1(C)c2ccccc2-c2ccc(-c3ccc4c(-c5ccc6ccccc6c5)c5ccccc5c(-c5ccccc5)c4c3)cc21.CC1(C)c2ccccc2-c2ccc(-c3ccc4c(-c5cccc6ccccc56)c5ccccc5c(-c5ccccc5)c4c3)cc21.c1ccc(-c2c3ccccc3c(-c3cccc4ccccc34)c3ccc(-c4cc5ccccc5c5ccccc45)cc23)cc1. The van der Waals surface area contributed by atoms with Crippen molar-refractivity contribution in [3.63, 3.8) is 0 Å². The molecule has 0 fully saturated rings. The Hall–Kier alpha value is -16.6. The highest BCUT2D eigenvalue weighted by Crippen LogP contribution is 2.56. The fourth-order valence-corrected chi connectivity index (χ4v) is 23.0. The second-order valence-electron chi connectivity index (χ2n) is 37.4. The van der Waals surface area contributed by atoms with E-state index in [1.54, 1.807) is 0 Å². The van der Waals surface area contributed by atoms with Gasteiger partial charge < -0.3 is 0 Å². The van der Waals surface area contributed by atoms with Gasteiger partial charge in [-0.15, -0.1) is 0 Å². The van der Waals surface area contributed by atoms with Gasteiger partial charge in [-0.05, 0) is 306 Å². The molecule has 2 aliphatic rings. The molecule has 0 amide bonds. The van der Waals surface area contributed by atoms with Crippen LogP contribution in [0.2, 0.25) is 0 Å². The van der Waals surface area contributed by atoms with Crippen molar-refractivity contribution in [3.8, 4) is 122 Å². The lowest BCUT2D eigenvalue weighted by Gasteiger charge is -2.22. The number of rotatable bonds is 9. The van der Waals surface area contributed by atoms with E-state index in [-0.39, 0.29) is 10.8 Å². The van der Waals surface area contributed by atoms with Crippen molar-refractivity contribution in [2.24, 2.45) is 0 Å². The van der Waals surface area contributed by atoms with Crippen LogP contribution >= 0.6 is 0 Å². The fraction of sp³-hybridized carbons (Fsp3) is 0.0448. The predicted octanol–water partition coefficient (Wildman–Crippen LogP) is 37.4. The van der Waals surface area contributed by atoms with Crippen molar-refractivity contribution in [3.05, 3.63) is 508 Å². The summed E-state index contributed by atoms with van der Waals surface area (Å²) in [5, 5.41) is 28.1. The molecule has 0 nitrogen and oxygen atoms in total. The first-order valence-corrected chi connectivity index (χ1v) is 47.0. The van der Waals surface area contributed by atoms with E-state index in [0.29, 0.717) is 0 Å². The van der Waals surface area contributed by atoms with Crippen molar-refractivity contribution in [1.82, 2.24) is 0 Å². The summed E-state index contributed by atoms with van der Waals surface area (Å²) in [5.74, 6) is 0. The summed E-state index contributed by atoms with van der Waals surface area (Å²) in [5.41, 5.74) is 33.8. The average Bonchev–Trinajstić information content (AvgIpc) is 1.19. The molecule has 0 radical (unpaired) electrons. The number of hydrogen-bond donors (Lipinski definition) is 0. The molecule has 2 aliphatic carbocycles. The maximum absolute atomic E-state index is 2.44. The van der Waals surface area contributed by atoms with Crippen molar-refractivity contribution < 1.29 is 0 Å². The fourth-order valence-electron chi connectivity index (χ4n) is 23.0. The minimum absolute atomic E-state index is 0.0343. The third-order valence-electron chi connectivity index (χ3n) is 29.3. The van der Waals surface area contributed by atoms with E-state index in [0.717, 1.165) is 0 Å². The third-order valence-corrected chi connectivity index (χ3v) is 29.3. The van der Waals surface area contributed by atoms with Crippen LogP contribution in [0.5, 0.6) is 0 Å². The summed E-state index contributed by atoms with van der Waals surface area (Å²) in [7, 11) is 0. The lowest BCUT2D eigenvalue weighted by molar-refractivity contribution is 0.660. The molecule has 0 bridgehead atoms. The molecule has 0 atom stereocenters. The molecule has 0 heterocycles. The van der Waals surface area contributed by atoms with Crippen LogP contribution in [0.25, 0.3) is 241 Å². The monoisotopic (exact) mass is 1700 g/mol. The van der Waals surface area contributed by atoms with E-state index in [1.807, 2.05) is 0 Å². The maximum atomic E-state index is 2.44. The Labute approximate surface area is 781 Å². The Morgan fingerprint density at radius 3 is 0.851 bits per heavy atom. The molecule has 0 aliphatic heterocycles. The van der Waals surface area contributed by atoms with Crippen LogP contribution in [-0.2, 0) is 10.8 Å². The van der Waals surface area contributed by atoms with Gasteiger partial charge in [0.15, 0.2) is 0 Å². The van der Waals surface area contributed by atoms with E-state index >= 15 is 0 Å². The van der Waals surface area contributed by atoms with E-state index in [2.05, 4.69) is 513 Å². The molecule has 25 aromatic carbocycles. The minimum atomic E-state index is -0.0360. The predicted molar refractivity (Wildman–Crippen MR) is 576 cm³/mol. The van der Waals surface area contributed by atoms with Gasteiger partial charge in [0.25, 0.3) is 0 Å². The summed E-state index contributed by atoms with van der Waals surface area (Å²) < 4.78 is 0. The quantitative estimate of drug-likeness (QED) is 0.0998. The molecule has 134 heavy (non-hydrogen) atoms. The van der Waals surface area contributed by atoms with Crippen molar-refractivity contribution in [1.29, 1.82) is 0 Å². The molecule has 27 rings (SSSR count). The molecule has 25 aromatic rings. The van der Waals surface area contributed by atoms with Gasteiger partial charge >= 0.3 is 0 Å². The standard InChI is InChI=1S/2C45H32.C44H28/c1-45(2)41-22-11-10-18-34(41)35-25-23-32(28-42(35)45)31-24-26-39-40(27-31)43(30-14-4-3-5-15-30)37-19-8-9-20-38(37)44(39)36-21-12-16-29-13-6-7-17-33(29)36;1-45(2)41-19-11-10-16-35(41)36-24-22-33(28-42(36)45)32-23-25-39-40(27-32)43(30-13-4-3-5-14-30)37-17-8-9-18-38(37)44(39)34-21-20-29-12-6-7-15-31(29)26-34;1-2-14-30(15-3-1)43-38-22-10-11-23-39(38)44(37-24-12-17-29-13-4-6-18-33(29)37)40-26-25-32(28-42(40)43)41-27-31-16-5-7-19-34(31)35-20-8-9-21-36(35)41/h2*3-28H,1-2H3;1-28H. The Bertz CT molecular complexity index is 9080. The topological polar surface area (TPSA) is 0 Å². The van der Waals surface area contributed by atoms with Gasteiger partial charge in [0.2, 0.25) is 0 Å². The normalized spacial score (nSPS) is 12.7. The van der Waals surface area contributed by atoms with Crippen molar-refractivity contribution in [2.45, 2.75) is 38.5 Å². The van der Waals surface area contributed by atoms with E-state index in [4.69, 9.17) is 0 Å². The number of benzene rings is 25. The van der Waals surface area contributed by atoms with Crippen LogP contribution < -0.4 is 0 Å². The van der Waals surface area contributed by atoms with Crippen LogP contribution in [0.15, 0.2) is 485 Å². The number of fused-ring (bicyclic) bond motifs is 18. The van der Waals surface area contributed by atoms with Crippen LogP contribution in [0, 0.1) is 0 Å². The molecule has 0 unspecified atom stereocenters. The third kappa shape index (κ3) is 13.1. The molecule has 0 spiro atoms. The molecule has 0 N–H and O–H groups in total. The zero-order chi connectivity index (χ0) is 89.3. The number of hydrogen-bond acceptors (Lipinski definition) is 0.